The lowest BCUT2D eigenvalue weighted by Crippen LogP contribution is -2.06. The number of aromatic nitrogens is 7. The Morgan fingerprint density at radius 1 is 1.06 bits per heavy atom. The maximum atomic E-state index is 12.3. The number of hydrogen-bond donors (Lipinski definition) is 1. The van der Waals surface area contributed by atoms with Crippen LogP contribution in [-0.4, -0.2) is 41.2 Å². The van der Waals surface area contributed by atoms with Crippen molar-refractivity contribution in [3.8, 4) is 22.5 Å². The third-order valence-electron chi connectivity index (χ3n) is 5.04. The van der Waals surface area contributed by atoms with Gasteiger partial charge in [0.2, 0.25) is 17.4 Å². The van der Waals surface area contributed by atoms with E-state index in [0.29, 0.717) is 24.6 Å². The van der Waals surface area contributed by atoms with Gasteiger partial charge < -0.3 is 0 Å². The summed E-state index contributed by atoms with van der Waals surface area (Å²) in [5.74, 6) is 1.51. The molecule has 2 aromatic heterocycles. The molecule has 0 amide bonds. The molecule has 4 aromatic rings. The van der Waals surface area contributed by atoms with Crippen molar-refractivity contribution >= 4 is 11.9 Å². The fourth-order valence-corrected chi connectivity index (χ4v) is 3.44. The van der Waals surface area contributed by atoms with Crippen LogP contribution < -0.4 is 0 Å². The standard InChI is InChI=1S/C24H25N7O/c1-3-5-11-22-25-24(21(32)8-4-2)28-31(22)16-17-12-14-18(15-13-17)19-9-6-7-10-20(19)23-26-29-30-27-23/h5-7,9-15H,3-4,8,16H2,1-2H3,(H,26,27,29,30)/b11-5+. The van der Waals surface area contributed by atoms with Crippen molar-refractivity contribution in [1.29, 1.82) is 0 Å². The van der Waals surface area contributed by atoms with Gasteiger partial charge in [-0.15, -0.1) is 15.3 Å². The van der Waals surface area contributed by atoms with Crippen molar-refractivity contribution in [3.63, 3.8) is 0 Å². The third kappa shape index (κ3) is 4.69. The summed E-state index contributed by atoms with van der Waals surface area (Å²) < 4.78 is 1.79. The van der Waals surface area contributed by atoms with Gasteiger partial charge in [-0.25, -0.2) is 9.67 Å². The molecule has 0 fully saturated rings. The number of benzene rings is 2. The second kappa shape index (κ2) is 9.91. The predicted octanol–water partition coefficient (Wildman–Crippen LogP) is 4.58. The van der Waals surface area contributed by atoms with Gasteiger partial charge in [0.1, 0.15) is 0 Å². The van der Waals surface area contributed by atoms with E-state index in [-0.39, 0.29) is 11.6 Å². The average Bonchev–Trinajstić information content (AvgIpc) is 3.49. The van der Waals surface area contributed by atoms with Gasteiger partial charge in [0.05, 0.1) is 6.54 Å². The molecule has 0 saturated carbocycles. The van der Waals surface area contributed by atoms with Gasteiger partial charge in [-0.1, -0.05) is 68.5 Å². The Kier molecular flexibility index (Phi) is 6.60. The van der Waals surface area contributed by atoms with Gasteiger partial charge in [0.25, 0.3) is 0 Å². The molecule has 0 unspecified atom stereocenters. The van der Waals surface area contributed by atoms with Crippen LogP contribution in [0, 0.1) is 0 Å². The van der Waals surface area contributed by atoms with Gasteiger partial charge in [-0.05, 0) is 40.8 Å². The van der Waals surface area contributed by atoms with E-state index in [1.54, 1.807) is 4.68 Å². The van der Waals surface area contributed by atoms with Crippen LogP contribution in [0.1, 0.15) is 55.1 Å². The zero-order valence-electron chi connectivity index (χ0n) is 18.2. The fraction of sp³-hybridized carbons (Fsp3) is 0.250. The number of H-pyrrole nitrogens is 1. The minimum atomic E-state index is -0.0224. The van der Waals surface area contributed by atoms with Crippen molar-refractivity contribution in [3.05, 3.63) is 71.8 Å². The third-order valence-corrected chi connectivity index (χ3v) is 5.04. The lowest BCUT2D eigenvalue weighted by Gasteiger charge is -2.09. The van der Waals surface area contributed by atoms with E-state index in [2.05, 4.69) is 61.9 Å². The smallest absolute Gasteiger partial charge is 0.217 e. The van der Waals surface area contributed by atoms with E-state index in [4.69, 9.17) is 0 Å². The van der Waals surface area contributed by atoms with Crippen LogP contribution in [0.2, 0.25) is 0 Å². The van der Waals surface area contributed by atoms with Crippen molar-refractivity contribution < 1.29 is 4.79 Å². The number of Topliss-reactive ketones (excluding diaryl/α,β-unsaturated/α-hetero) is 1. The molecule has 2 heterocycles. The van der Waals surface area contributed by atoms with Crippen LogP contribution in [-0.2, 0) is 6.54 Å². The number of allylic oxidation sites excluding steroid dienone is 1. The Hall–Kier alpha value is -3.94. The first-order valence-corrected chi connectivity index (χ1v) is 10.8. The van der Waals surface area contributed by atoms with Gasteiger partial charge in [0, 0.05) is 12.0 Å². The van der Waals surface area contributed by atoms with Gasteiger partial charge in [-0.3, -0.25) is 4.79 Å². The van der Waals surface area contributed by atoms with Crippen molar-refractivity contribution in [1.82, 2.24) is 35.4 Å². The van der Waals surface area contributed by atoms with E-state index >= 15 is 0 Å². The fourth-order valence-electron chi connectivity index (χ4n) is 3.44. The number of aromatic amines is 1. The molecule has 0 bridgehead atoms. The van der Waals surface area contributed by atoms with E-state index in [1.807, 2.05) is 43.3 Å². The molecule has 8 heteroatoms. The zero-order valence-corrected chi connectivity index (χ0v) is 18.2. The highest BCUT2D eigenvalue weighted by Crippen LogP contribution is 2.29. The highest BCUT2D eigenvalue weighted by atomic mass is 16.1. The van der Waals surface area contributed by atoms with Crippen LogP contribution in [0.4, 0.5) is 0 Å². The minimum Gasteiger partial charge on any atom is -0.291 e. The van der Waals surface area contributed by atoms with Gasteiger partial charge in [0.15, 0.2) is 5.82 Å². The second-order valence-electron chi connectivity index (χ2n) is 7.41. The van der Waals surface area contributed by atoms with Crippen LogP contribution in [0.5, 0.6) is 0 Å². The maximum Gasteiger partial charge on any atom is 0.217 e. The molecule has 8 nitrogen and oxygen atoms in total. The molecule has 2 aromatic carbocycles. The van der Waals surface area contributed by atoms with Gasteiger partial charge in [-0.2, -0.15) is 5.21 Å². The Balaban J connectivity index is 1.60. The predicted molar refractivity (Wildman–Crippen MR) is 123 cm³/mol. The normalized spacial score (nSPS) is 11.3. The average molecular weight is 428 g/mol. The molecular formula is C24H25N7O. The highest BCUT2D eigenvalue weighted by molar-refractivity contribution is 5.92. The largest absolute Gasteiger partial charge is 0.291 e. The van der Waals surface area contributed by atoms with Gasteiger partial charge >= 0.3 is 0 Å². The number of carbonyl (C=O) groups is 1. The number of nitrogens with one attached hydrogen (secondary N) is 1. The molecule has 4 rings (SSSR count). The molecule has 0 aliphatic carbocycles. The van der Waals surface area contributed by atoms with Crippen LogP contribution in [0.15, 0.2) is 54.6 Å². The number of hydrogen-bond acceptors (Lipinski definition) is 6. The van der Waals surface area contributed by atoms with Crippen LogP contribution >= 0.6 is 0 Å². The first-order chi connectivity index (χ1) is 15.7. The summed E-state index contributed by atoms with van der Waals surface area (Å²) in [5, 5.41) is 18.9. The minimum absolute atomic E-state index is 0.0224. The number of ketones is 1. The summed E-state index contributed by atoms with van der Waals surface area (Å²) in [6.45, 7) is 4.57. The van der Waals surface area contributed by atoms with Crippen molar-refractivity contribution in [2.45, 2.75) is 39.7 Å². The molecule has 162 valence electrons. The summed E-state index contributed by atoms with van der Waals surface area (Å²) >= 11 is 0. The maximum absolute atomic E-state index is 12.3. The quantitative estimate of drug-likeness (QED) is 0.392. The van der Waals surface area contributed by atoms with E-state index in [0.717, 1.165) is 35.1 Å². The number of rotatable bonds is 9. The summed E-state index contributed by atoms with van der Waals surface area (Å²) in [4.78, 5) is 16.7. The molecule has 32 heavy (non-hydrogen) atoms. The lowest BCUT2D eigenvalue weighted by atomic mass is 9.98. The van der Waals surface area contributed by atoms with E-state index in [9.17, 15) is 4.79 Å². The number of nitrogens with zero attached hydrogens (tertiary/aromatic N) is 6. The summed E-state index contributed by atoms with van der Waals surface area (Å²) in [7, 11) is 0. The summed E-state index contributed by atoms with van der Waals surface area (Å²) in [5.41, 5.74) is 4.06. The first-order valence-electron chi connectivity index (χ1n) is 10.8. The number of carbonyl (C=O) groups excluding carboxylic acids is 1. The van der Waals surface area contributed by atoms with Crippen molar-refractivity contribution in [2.24, 2.45) is 0 Å². The lowest BCUT2D eigenvalue weighted by molar-refractivity contribution is 0.0971. The Labute approximate surface area is 186 Å². The molecule has 0 atom stereocenters. The topological polar surface area (TPSA) is 102 Å². The molecular weight excluding hydrogens is 402 g/mol. The zero-order chi connectivity index (χ0) is 22.3. The second-order valence-corrected chi connectivity index (χ2v) is 7.41. The molecule has 0 aliphatic rings. The molecule has 0 saturated heterocycles. The Morgan fingerprint density at radius 3 is 2.53 bits per heavy atom. The summed E-state index contributed by atoms with van der Waals surface area (Å²) in [6, 6.07) is 16.2. The molecule has 0 aliphatic heterocycles. The molecule has 0 radical (unpaired) electrons. The van der Waals surface area contributed by atoms with E-state index in [1.165, 1.54) is 0 Å². The van der Waals surface area contributed by atoms with Crippen molar-refractivity contribution in [2.75, 3.05) is 0 Å². The summed E-state index contributed by atoms with van der Waals surface area (Å²) in [6.07, 6.45) is 6.06. The van der Waals surface area contributed by atoms with E-state index < -0.39 is 0 Å². The highest BCUT2D eigenvalue weighted by Gasteiger charge is 2.15. The molecule has 0 spiro atoms. The first kappa shape index (κ1) is 21.3. The van der Waals surface area contributed by atoms with Crippen LogP contribution in [0.25, 0.3) is 28.6 Å². The Morgan fingerprint density at radius 2 is 1.84 bits per heavy atom. The SMILES string of the molecule is CC/C=C/c1nc(C(=O)CCC)nn1Cc1ccc(-c2ccccc2-c2nn[nH]n2)cc1. The Bertz CT molecular complexity index is 1210. The van der Waals surface area contributed by atoms with Crippen LogP contribution in [0.3, 0.4) is 0 Å². The molecule has 1 N–H and O–H groups in total. The monoisotopic (exact) mass is 427 g/mol. The number of tetrazole rings is 1.